The predicted molar refractivity (Wildman–Crippen MR) is 107 cm³/mol. The zero-order valence-electron chi connectivity index (χ0n) is 16.6. The van der Waals surface area contributed by atoms with Crippen molar-refractivity contribution in [2.75, 3.05) is 38.0 Å². The maximum Gasteiger partial charge on any atom is 0.323 e. The van der Waals surface area contributed by atoms with Gasteiger partial charge in [0, 0.05) is 50.1 Å². The molecule has 2 amide bonds. The Morgan fingerprint density at radius 1 is 1.17 bits per heavy atom. The Balaban J connectivity index is 1.31. The highest BCUT2D eigenvalue weighted by molar-refractivity contribution is 5.88. The summed E-state index contributed by atoms with van der Waals surface area (Å²) in [6, 6.07) is 4.31. The molecule has 3 aliphatic rings. The fourth-order valence-electron chi connectivity index (χ4n) is 4.64. The molecule has 4 heterocycles. The van der Waals surface area contributed by atoms with Crippen LogP contribution in [-0.2, 0) is 20.8 Å². The molecule has 1 aromatic heterocycles. The van der Waals surface area contributed by atoms with Crippen LogP contribution in [0.3, 0.4) is 0 Å². The maximum absolute atomic E-state index is 12.9. The largest absolute Gasteiger partial charge is 0.480 e. The number of fused-ring (bicyclic) bond motifs is 1. The van der Waals surface area contributed by atoms with Gasteiger partial charge in [-0.25, -0.2) is 4.98 Å². The second-order valence-corrected chi connectivity index (χ2v) is 8.27. The summed E-state index contributed by atoms with van der Waals surface area (Å²) in [5.41, 5.74) is 2.38. The highest BCUT2D eigenvalue weighted by atomic mass is 16.4. The SMILES string of the molecule is O=C(O)CN1CCC(C(=O)N2CCC(c3ccc4c(n3)NCCC4)CC2)CC1=O. The Bertz CT molecular complexity index is 804. The molecule has 8 heteroatoms. The van der Waals surface area contributed by atoms with Crippen LogP contribution in [0.2, 0.25) is 0 Å². The summed E-state index contributed by atoms with van der Waals surface area (Å²) in [6.07, 6.45) is 4.63. The van der Waals surface area contributed by atoms with E-state index in [0.29, 0.717) is 32.0 Å². The first-order chi connectivity index (χ1) is 14.0. The number of nitrogens with zero attached hydrogens (tertiary/aromatic N) is 3. The molecule has 1 atom stereocenters. The number of hydrogen-bond acceptors (Lipinski definition) is 5. The number of carboxylic acid groups (broad SMARTS) is 1. The van der Waals surface area contributed by atoms with Crippen LogP contribution in [-0.4, -0.2) is 70.4 Å². The Kier molecular flexibility index (Phi) is 5.69. The van der Waals surface area contributed by atoms with E-state index in [1.807, 2.05) is 4.90 Å². The summed E-state index contributed by atoms with van der Waals surface area (Å²) in [5.74, 6) is -0.179. The number of pyridine rings is 1. The number of amides is 2. The van der Waals surface area contributed by atoms with Crippen LogP contribution in [0.4, 0.5) is 5.82 Å². The lowest BCUT2D eigenvalue weighted by Gasteiger charge is -2.36. The number of anilines is 1. The normalized spacial score (nSPS) is 22.8. The van der Waals surface area contributed by atoms with E-state index in [0.717, 1.165) is 43.7 Å². The first-order valence-corrected chi connectivity index (χ1v) is 10.5. The molecule has 0 bridgehead atoms. The van der Waals surface area contributed by atoms with E-state index in [1.54, 1.807) is 0 Å². The van der Waals surface area contributed by atoms with Gasteiger partial charge in [0.2, 0.25) is 11.8 Å². The highest BCUT2D eigenvalue weighted by Gasteiger charge is 2.35. The van der Waals surface area contributed by atoms with Crippen molar-refractivity contribution in [1.82, 2.24) is 14.8 Å². The van der Waals surface area contributed by atoms with E-state index in [-0.39, 0.29) is 30.7 Å². The lowest BCUT2D eigenvalue weighted by atomic mass is 9.89. The average molecular weight is 400 g/mol. The fourth-order valence-corrected chi connectivity index (χ4v) is 4.64. The van der Waals surface area contributed by atoms with Gasteiger partial charge in [0.05, 0.1) is 0 Å². The van der Waals surface area contributed by atoms with Crippen molar-refractivity contribution in [2.24, 2.45) is 5.92 Å². The van der Waals surface area contributed by atoms with Gasteiger partial charge in [0.25, 0.3) is 0 Å². The van der Waals surface area contributed by atoms with Gasteiger partial charge in [-0.15, -0.1) is 0 Å². The van der Waals surface area contributed by atoms with Crippen LogP contribution in [0.1, 0.15) is 49.3 Å². The third-order valence-corrected chi connectivity index (χ3v) is 6.34. The number of nitrogens with one attached hydrogen (secondary N) is 1. The van der Waals surface area contributed by atoms with Crippen molar-refractivity contribution >= 4 is 23.6 Å². The summed E-state index contributed by atoms with van der Waals surface area (Å²) in [6.45, 7) is 2.39. The second kappa shape index (κ2) is 8.39. The summed E-state index contributed by atoms with van der Waals surface area (Å²) in [5, 5.41) is 12.3. The third-order valence-electron chi connectivity index (χ3n) is 6.34. The summed E-state index contributed by atoms with van der Waals surface area (Å²) in [7, 11) is 0. The molecule has 2 N–H and O–H groups in total. The molecule has 2 saturated heterocycles. The molecule has 0 aromatic carbocycles. The summed E-state index contributed by atoms with van der Waals surface area (Å²) in [4.78, 5) is 43.9. The highest BCUT2D eigenvalue weighted by Crippen LogP contribution is 2.31. The van der Waals surface area contributed by atoms with Crippen molar-refractivity contribution < 1.29 is 19.5 Å². The Morgan fingerprint density at radius 2 is 1.97 bits per heavy atom. The van der Waals surface area contributed by atoms with E-state index in [2.05, 4.69) is 17.4 Å². The van der Waals surface area contributed by atoms with Crippen molar-refractivity contribution in [2.45, 2.75) is 44.4 Å². The van der Waals surface area contributed by atoms with Gasteiger partial charge >= 0.3 is 5.97 Å². The Morgan fingerprint density at radius 3 is 2.69 bits per heavy atom. The zero-order chi connectivity index (χ0) is 20.4. The predicted octanol–water partition coefficient (Wildman–Crippen LogP) is 1.47. The molecular formula is C21H28N4O4. The molecule has 156 valence electrons. The lowest BCUT2D eigenvalue weighted by molar-refractivity contribution is -0.150. The van der Waals surface area contributed by atoms with Gasteiger partial charge in [0.1, 0.15) is 12.4 Å². The maximum atomic E-state index is 12.9. The number of carbonyl (C=O) groups excluding carboxylic acids is 2. The number of aryl methyl sites for hydroxylation is 1. The minimum Gasteiger partial charge on any atom is -0.480 e. The molecule has 1 unspecified atom stereocenters. The molecular weight excluding hydrogens is 372 g/mol. The molecule has 8 nitrogen and oxygen atoms in total. The summed E-state index contributed by atoms with van der Waals surface area (Å²) < 4.78 is 0. The van der Waals surface area contributed by atoms with Crippen molar-refractivity contribution in [3.8, 4) is 0 Å². The van der Waals surface area contributed by atoms with E-state index in [4.69, 9.17) is 10.1 Å². The van der Waals surface area contributed by atoms with Gasteiger partial charge < -0.3 is 20.2 Å². The first kappa shape index (κ1) is 19.7. The lowest BCUT2D eigenvalue weighted by Crippen LogP contribution is -2.48. The van der Waals surface area contributed by atoms with Crippen molar-refractivity contribution in [3.05, 3.63) is 23.4 Å². The van der Waals surface area contributed by atoms with Crippen LogP contribution < -0.4 is 5.32 Å². The molecule has 0 aliphatic carbocycles. The summed E-state index contributed by atoms with van der Waals surface area (Å²) >= 11 is 0. The molecule has 2 fully saturated rings. The smallest absolute Gasteiger partial charge is 0.323 e. The number of carbonyl (C=O) groups is 3. The van der Waals surface area contributed by atoms with Gasteiger partial charge in [-0.1, -0.05) is 6.07 Å². The molecule has 0 radical (unpaired) electrons. The number of hydrogen-bond donors (Lipinski definition) is 2. The first-order valence-electron chi connectivity index (χ1n) is 10.5. The number of aliphatic carboxylic acids is 1. The van der Waals surface area contributed by atoms with Crippen LogP contribution >= 0.6 is 0 Å². The fraction of sp³-hybridized carbons (Fsp3) is 0.619. The topological polar surface area (TPSA) is 103 Å². The van der Waals surface area contributed by atoms with Crippen LogP contribution in [0.5, 0.6) is 0 Å². The van der Waals surface area contributed by atoms with Crippen molar-refractivity contribution in [1.29, 1.82) is 0 Å². The number of aromatic nitrogens is 1. The van der Waals surface area contributed by atoms with E-state index < -0.39 is 5.97 Å². The zero-order valence-corrected chi connectivity index (χ0v) is 16.6. The van der Waals surface area contributed by atoms with Gasteiger partial charge in [-0.2, -0.15) is 0 Å². The number of rotatable bonds is 4. The van der Waals surface area contributed by atoms with E-state index in [1.165, 1.54) is 10.5 Å². The third kappa shape index (κ3) is 4.36. The van der Waals surface area contributed by atoms with E-state index >= 15 is 0 Å². The molecule has 1 aromatic rings. The number of likely N-dealkylation sites (tertiary alicyclic amines) is 2. The minimum atomic E-state index is -1.02. The van der Waals surface area contributed by atoms with Gasteiger partial charge in [0.15, 0.2) is 0 Å². The van der Waals surface area contributed by atoms with Crippen molar-refractivity contribution in [3.63, 3.8) is 0 Å². The molecule has 3 aliphatic heterocycles. The van der Waals surface area contributed by atoms with Crippen LogP contribution in [0.25, 0.3) is 0 Å². The van der Waals surface area contributed by atoms with Crippen LogP contribution in [0.15, 0.2) is 12.1 Å². The molecule has 0 spiro atoms. The average Bonchev–Trinajstić information content (AvgIpc) is 2.74. The quantitative estimate of drug-likeness (QED) is 0.793. The number of piperidine rings is 2. The van der Waals surface area contributed by atoms with E-state index in [9.17, 15) is 14.4 Å². The Labute approximate surface area is 170 Å². The molecule has 29 heavy (non-hydrogen) atoms. The monoisotopic (exact) mass is 400 g/mol. The number of carboxylic acids is 1. The van der Waals surface area contributed by atoms with Gasteiger partial charge in [-0.3, -0.25) is 14.4 Å². The molecule has 0 saturated carbocycles. The standard InChI is InChI=1S/C21H28N4O4/c26-18-12-16(7-11-25(18)13-19(27)28)21(29)24-9-5-14(6-10-24)17-4-3-15-2-1-8-22-20(15)23-17/h3-4,14,16H,1-2,5-13H2,(H,22,23)(H,27,28). The second-order valence-electron chi connectivity index (χ2n) is 8.27. The Hall–Kier alpha value is -2.64. The van der Waals surface area contributed by atoms with Gasteiger partial charge in [-0.05, 0) is 43.7 Å². The molecule has 4 rings (SSSR count). The van der Waals surface area contributed by atoms with Crippen LogP contribution in [0, 0.1) is 5.92 Å². The minimum absolute atomic E-state index is 0.0341.